The van der Waals surface area contributed by atoms with Gasteiger partial charge in [0.1, 0.15) is 0 Å². The van der Waals surface area contributed by atoms with Crippen molar-refractivity contribution in [1.82, 2.24) is 0 Å². The highest BCUT2D eigenvalue weighted by Gasteiger charge is 2.12. The van der Waals surface area contributed by atoms with Gasteiger partial charge in [-0.1, -0.05) is 34.8 Å². The van der Waals surface area contributed by atoms with Gasteiger partial charge in [-0.05, 0) is 18.2 Å². The number of phenolic OH excluding ortho intramolecular Hbond substituents is 1. The van der Waals surface area contributed by atoms with Gasteiger partial charge in [-0.2, -0.15) is 0 Å². The number of anilines is 1. The van der Waals surface area contributed by atoms with Gasteiger partial charge < -0.3 is 19.9 Å². The number of nitrogens with one attached hydrogen (secondary N) is 1. The van der Waals surface area contributed by atoms with Crippen LogP contribution in [0.5, 0.6) is 17.2 Å². The first-order chi connectivity index (χ1) is 10.5. The summed E-state index contributed by atoms with van der Waals surface area (Å²) in [7, 11) is 3.11. The molecule has 2 aromatic rings. The van der Waals surface area contributed by atoms with Crippen LogP contribution in [0.4, 0.5) is 5.69 Å². The quantitative estimate of drug-likeness (QED) is 0.736. The molecule has 0 atom stereocenters. The van der Waals surface area contributed by atoms with E-state index >= 15 is 0 Å². The molecule has 2 aromatic carbocycles. The first-order valence-electron chi connectivity index (χ1n) is 6.28. The van der Waals surface area contributed by atoms with Crippen LogP contribution < -0.4 is 14.8 Å². The second-order valence-corrected chi connectivity index (χ2v) is 5.69. The van der Waals surface area contributed by atoms with E-state index in [9.17, 15) is 5.11 Å². The predicted octanol–water partition coefficient (Wildman–Crippen LogP) is 4.98. The van der Waals surface area contributed by atoms with Crippen LogP contribution in [-0.4, -0.2) is 19.3 Å². The standard InChI is InChI=1S/C15H14Cl3NO3/c1-21-13-4-9(16)3-8(15(13)22-2)7-19-10-5-11(17)14(20)12(18)6-10/h3-6,19-20H,7H2,1-2H3. The van der Waals surface area contributed by atoms with Gasteiger partial charge in [-0.3, -0.25) is 0 Å². The smallest absolute Gasteiger partial charge is 0.165 e. The normalized spacial score (nSPS) is 10.4. The van der Waals surface area contributed by atoms with Crippen LogP contribution in [0.25, 0.3) is 0 Å². The zero-order valence-electron chi connectivity index (χ0n) is 11.9. The highest BCUT2D eigenvalue weighted by atomic mass is 35.5. The van der Waals surface area contributed by atoms with Gasteiger partial charge >= 0.3 is 0 Å². The largest absolute Gasteiger partial charge is 0.505 e. The van der Waals surface area contributed by atoms with Crippen molar-refractivity contribution in [3.8, 4) is 17.2 Å². The van der Waals surface area contributed by atoms with Crippen LogP contribution >= 0.6 is 34.8 Å². The Kier molecular flexibility index (Phi) is 5.51. The summed E-state index contributed by atoms with van der Waals surface area (Å²) in [5.41, 5.74) is 1.47. The number of benzene rings is 2. The van der Waals surface area contributed by atoms with Crippen LogP contribution in [0.2, 0.25) is 15.1 Å². The number of hydrogen-bond acceptors (Lipinski definition) is 4. The Hall–Kier alpha value is -1.49. The molecule has 7 heteroatoms. The van der Waals surface area contributed by atoms with Crippen LogP contribution in [0, 0.1) is 0 Å². The molecule has 0 aliphatic heterocycles. The second-order valence-electron chi connectivity index (χ2n) is 4.44. The van der Waals surface area contributed by atoms with Crippen molar-refractivity contribution in [3.05, 3.63) is 44.9 Å². The van der Waals surface area contributed by atoms with Crippen LogP contribution in [0.3, 0.4) is 0 Å². The maximum atomic E-state index is 9.56. The fourth-order valence-corrected chi connectivity index (χ4v) is 2.72. The van der Waals surface area contributed by atoms with Gasteiger partial charge in [-0.15, -0.1) is 0 Å². The van der Waals surface area contributed by atoms with Crippen LogP contribution in [0.1, 0.15) is 5.56 Å². The molecule has 4 nitrogen and oxygen atoms in total. The summed E-state index contributed by atoms with van der Waals surface area (Å²) < 4.78 is 10.6. The van der Waals surface area contributed by atoms with Crippen molar-refractivity contribution in [2.45, 2.75) is 6.54 Å². The average molecular weight is 363 g/mol. The SMILES string of the molecule is COc1cc(Cl)cc(CNc2cc(Cl)c(O)c(Cl)c2)c1OC. The molecule has 0 radical (unpaired) electrons. The fourth-order valence-electron chi connectivity index (χ4n) is 2.00. The van der Waals surface area contributed by atoms with E-state index in [1.165, 1.54) is 0 Å². The maximum Gasteiger partial charge on any atom is 0.165 e. The average Bonchev–Trinajstić information content (AvgIpc) is 2.49. The van der Waals surface area contributed by atoms with Gasteiger partial charge in [0.2, 0.25) is 0 Å². The Morgan fingerprint density at radius 3 is 2.18 bits per heavy atom. The van der Waals surface area contributed by atoms with E-state index in [4.69, 9.17) is 44.3 Å². The molecule has 0 aliphatic rings. The molecule has 0 saturated heterocycles. The summed E-state index contributed by atoms with van der Waals surface area (Å²) in [5.74, 6) is 1.000. The Morgan fingerprint density at radius 1 is 1.00 bits per heavy atom. The zero-order valence-corrected chi connectivity index (χ0v) is 14.2. The highest BCUT2D eigenvalue weighted by molar-refractivity contribution is 6.37. The summed E-state index contributed by atoms with van der Waals surface area (Å²) in [6.45, 7) is 0.414. The van der Waals surface area contributed by atoms with Crippen molar-refractivity contribution in [1.29, 1.82) is 0 Å². The first-order valence-corrected chi connectivity index (χ1v) is 7.42. The monoisotopic (exact) mass is 361 g/mol. The molecular weight excluding hydrogens is 349 g/mol. The molecule has 0 heterocycles. The van der Waals surface area contributed by atoms with Gasteiger partial charge in [-0.25, -0.2) is 0 Å². The zero-order chi connectivity index (χ0) is 16.3. The van der Waals surface area contributed by atoms with Crippen molar-refractivity contribution >= 4 is 40.5 Å². The van der Waals surface area contributed by atoms with Gasteiger partial charge in [0.05, 0.1) is 24.3 Å². The summed E-state index contributed by atoms with van der Waals surface area (Å²) >= 11 is 17.9. The molecule has 0 spiro atoms. The van der Waals surface area contributed by atoms with Gasteiger partial charge in [0, 0.05) is 28.9 Å². The number of aromatic hydroxyl groups is 1. The minimum absolute atomic E-state index is 0.143. The third-order valence-corrected chi connectivity index (χ3v) is 3.81. The third-order valence-electron chi connectivity index (χ3n) is 3.02. The molecule has 0 saturated carbocycles. The number of halogens is 3. The van der Waals surface area contributed by atoms with E-state index in [0.717, 1.165) is 5.56 Å². The highest BCUT2D eigenvalue weighted by Crippen LogP contribution is 2.37. The molecule has 0 aliphatic carbocycles. The molecule has 0 amide bonds. The molecule has 0 fully saturated rings. The van der Waals surface area contributed by atoms with Crippen molar-refractivity contribution in [2.24, 2.45) is 0 Å². The van der Waals surface area contributed by atoms with Gasteiger partial charge in [0.15, 0.2) is 17.2 Å². The van der Waals surface area contributed by atoms with Crippen LogP contribution in [-0.2, 0) is 6.54 Å². The minimum Gasteiger partial charge on any atom is -0.505 e. The van der Waals surface area contributed by atoms with Crippen molar-refractivity contribution in [3.63, 3.8) is 0 Å². The summed E-state index contributed by atoms with van der Waals surface area (Å²) in [6.07, 6.45) is 0. The maximum absolute atomic E-state index is 9.56. The number of methoxy groups -OCH3 is 2. The Morgan fingerprint density at radius 2 is 1.64 bits per heavy atom. The molecule has 2 N–H and O–H groups in total. The molecular formula is C15H14Cl3NO3. The lowest BCUT2D eigenvalue weighted by molar-refractivity contribution is 0.352. The lowest BCUT2D eigenvalue weighted by Gasteiger charge is -2.15. The van der Waals surface area contributed by atoms with E-state index in [1.54, 1.807) is 38.5 Å². The Labute approximate surface area is 143 Å². The van der Waals surface area contributed by atoms with E-state index in [-0.39, 0.29) is 15.8 Å². The summed E-state index contributed by atoms with van der Waals surface area (Å²) in [6, 6.07) is 6.62. The second kappa shape index (κ2) is 7.18. The third kappa shape index (κ3) is 3.64. The molecule has 0 aromatic heterocycles. The Bertz CT molecular complexity index is 669. The Balaban J connectivity index is 2.26. The first kappa shape index (κ1) is 16.9. The number of rotatable bonds is 5. The number of hydrogen-bond donors (Lipinski definition) is 2. The van der Waals surface area contributed by atoms with E-state index in [1.807, 2.05) is 0 Å². The summed E-state index contributed by atoms with van der Waals surface area (Å²) in [4.78, 5) is 0. The molecule has 0 bridgehead atoms. The molecule has 2 rings (SSSR count). The predicted molar refractivity (Wildman–Crippen MR) is 90.0 cm³/mol. The molecule has 0 unspecified atom stereocenters. The van der Waals surface area contributed by atoms with E-state index < -0.39 is 0 Å². The van der Waals surface area contributed by atoms with Crippen molar-refractivity contribution < 1.29 is 14.6 Å². The fraction of sp³-hybridized carbons (Fsp3) is 0.200. The van der Waals surface area contributed by atoms with Crippen molar-refractivity contribution in [2.75, 3.05) is 19.5 Å². The summed E-state index contributed by atoms with van der Waals surface area (Å²) in [5, 5.41) is 13.6. The number of ether oxygens (including phenoxy) is 2. The lowest BCUT2D eigenvalue weighted by atomic mass is 10.1. The van der Waals surface area contributed by atoms with E-state index in [2.05, 4.69) is 5.32 Å². The molecule has 22 heavy (non-hydrogen) atoms. The minimum atomic E-state index is -0.143. The number of phenols is 1. The van der Waals surface area contributed by atoms with Gasteiger partial charge in [0.25, 0.3) is 0 Å². The molecule has 118 valence electrons. The topological polar surface area (TPSA) is 50.7 Å². The van der Waals surface area contributed by atoms with Crippen LogP contribution in [0.15, 0.2) is 24.3 Å². The van der Waals surface area contributed by atoms with E-state index in [0.29, 0.717) is 28.8 Å². The lowest BCUT2D eigenvalue weighted by Crippen LogP contribution is -2.03.